The summed E-state index contributed by atoms with van der Waals surface area (Å²) in [7, 11) is 0. The third kappa shape index (κ3) is 3.53. The first-order chi connectivity index (χ1) is 10.2. The molecule has 0 spiro atoms. The molecule has 0 amide bonds. The number of esters is 1. The van der Waals surface area contributed by atoms with Crippen LogP contribution in [-0.2, 0) is 4.74 Å². The van der Waals surface area contributed by atoms with Crippen molar-refractivity contribution >= 4 is 11.8 Å². The van der Waals surface area contributed by atoms with E-state index < -0.39 is 0 Å². The van der Waals surface area contributed by atoms with Crippen molar-refractivity contribution in [2.75, 3.05) is 24.6 Å². The summed E-state index contributed by atoms with van der Waals surface area (Å²) in [5.41, 5.74) is 6.48. The van der Waals surface area contributed by atoms with E-state index in [2.05, 4.69) is 16.8 Å². The second-order valence-corrected chi connectivity index (χ2v) is 5.48. The summed E-state index contributed by atoms with van der Waals surface area (Å²) in [5.74, 6) is 1.11. The molecule has 5 heteroatoms. The molecule has 116 valence electrons. The van der Waals surface area contributed by atoms with Crippen LogP contribution in [0.2, 0.25) is 0 Å². The number of piperidine rings is 1. The van der Waals surface area contributed by atoms with Crippen molar-refractivity contribution in [1.82, 2.24) is 4.98 Å². The normalized spacial score (nSPS) is 22.1. The molecule has 2 atom stereocenters. The number of nitrogens with zero attached hydrogens (tertiary/aromatic N) is 2. The SMILES string of the molecule is CCOC(=O)c1cccnc1N1CCC(CC)CC1CN. The lowest BCUT2D eigenvalue weighted by Gasteiger charge is -2.40. The fraction of sp³-hybridized carbons (Fsp3) is 0.625. The average Bonchev–Trinajstić information content (AvgIpc) is 2.54. The number of hydrogen-bond acceptors (Lipinski definition) is 5. The maximum Gasteiger partial charge on any atom is 0.341 e. The lowest BCUT2D eigenvalue weighted by Crippen LogP contribution is -2.47. The molecule has 2 rings (SSSR count). The Morgan fingerprint density at radius 3 is 3.00 bits per heavy atom. The number of carbonyl (C=O) groups excluding carboxylic acids is 1. The molecule has 1 aliphatic heterocycles. The highest BCUT2D eigenvalue weighted by atomic mass is 16.5. The molecule has 0 saturated carbocycles. The van der Waals surface area contributed by atoms with E-state index in [1.54, 1.807) is 18.3 Å². The number of aromatic nitrogens is 1. The summed E-state index contributed by atoms with van der Waals surface area (Å²) in [5, 5.41) is 0. The van der Waals surface area contributed by atoms with Gasteiger partial charge in [-0.2, -0.15) is 0 Å². The summed E-state index contributed by atoms with van der Waals surface area (Å²) in [6, 6.07) is 3.79. The van der Waals surface area contributed by atoms with Gasteiger partial charge in [0.1, 0.15) is 11.4 Å². The first kappa shape index (κ1) is 15.8. The van der Waals surface area contributed by atoms with Crippen LogP contribution in [0.4, 0.5) is 5.82 Å². The Balaban J connectivity index is 2.26. The number of pyridine rings is 1. The van der Waals surface area contributed by atoms with E-state index in [1.807, 2.05) is 6.92 Å². The fourth-order valence-corrected chi connectivity index (χ4v) is 3.00. The van der Waals surface area contributed by atoms with Gasteiger partial charge in [-0.25, -0.2) is 9.78 Å². The highest BCUT2D eigenvalue weighted by molar-refractivity contribution is 5.94. The molecule has 1 fully saturated rings. The molecule has 0 aromatic carbocycles. The minimum absolute atomic E-state index is 0.242. The molecule has 0 bridgehead atoms. The zero-order valence-electron chi connectivity index (χ0n) is 12.9. The van der Waals surface area contributed by atoms with Crippen LogP contribution in [0.5, 0.6) is 0 Å². The molecule has 21 heavy (non-hydrogen) atoms. The van der Waals surface area contributed by atoms with E-state index in [0.29, 0.717) is 30.5 Å². The molecule has 0 aliphatic carbocycles. The van der Waals surface area contributed by atoms with Gasteiger partial charge in [0, 0.05) is 25.3 Å². The summed E-state index contributed by atoms with van der Waals surface area (Å²) in [6.07, 6.45) is 5.08. The van der Waals surface area contributed by atoms with Crippen LogP contribution < -0.4 is 10.6 Å². The number of nitrogens with two attached hydrogens (primary N) is 1. The third-order valence-corrected chi connectivity index (χ3v) is 4.23. The average molecular weight is 291 g/mol. The third-order valence-electron chi connectivity index (χ3n) is 4.23. The molecule has 0 radical (unpaired) electrons. The van der Waals surface area contributed by atoms with Gasteiger partial charge in [-0.1, -0.05) is 13.3 Å². The van der Waals surface area contributed by atoms with Gasteiger partial charge in [0.2, 0.25) is 0 Å². The Bertz CT molecular complexity index is 478. The second kappa shape index (κ2) is 7.41. The fourth-order valence-electron chi connectivity index (χ4n) is 3.00. The highest BCUT2D eigenvalue weighted by Crippen LogP contribution is 2.30. The Morgan fingerprint density at radius 1 is 1.52 bits per heavy atom. The largest absolute Gasteiger partial charge is 0.462 e. The first-order valence-corrected chi connectivity index (χ1v) is 7.80. The van der Waals surface area contributed by atoms with Gasteiger partial charge < -0.3 is 15.4 Å². The van der Waals surface area contributed by atoms with Crippen molar-refractivity contribution in [1.29, 1.82) is 0 Å². The van der Waals surface area contributed by atoms with Crippen molar-refractivity contribution in [3.8, 4) is 0 Å². The predicted molar refractivity (Wildman–Crippen MR) is 83.4 cm³/mol. The van der Waals surface area contributed by atoms with E-state index in [4.69, 9.17) is 10.5 Å². The topological polar surface area (TPSA) is 68.5 Å². The van der Waals surface area contributed by atoms with Crippen LogP contribution >= 0.6 is 0 Å². The molecule has 2 N–H and O–H groups in total. The number of hydrogen-bond donors (Lipinski definition) is 1. The van der Waals surface area contributed by atoms with E-state index in [-0.39, 0.29) is 12.0 Å². The van der Waals surface area contributed by atoms with Crippen molar-refractivity contribution in [3.05, 3.63) is 23.9 Å². The second-order valence-electron chi connectivity index (χ2n) is 5.48. The number of ether oxygens (including phenoxy) is 1. The lowest BCUT2D eigenvalue weighted by molar-refractivity contribution is 0.0526. The standard InChI is InChI=1S/C16H25N3O2/c1-3-12-7-9-19(13(10-12)11-17)15-14(6-5-8-18-15)16(20)21-4-2/h5-6,8,12-13H,3-4,7,9-11,17H2,1-2H3. The van der Waals surface area contributed by atoms with Crippen molar-refractivity contribution in [2.45, 2.75) is 39.2 Å². The van der Waals surface area contributed by atoms with Crippen LogP contribution in [0, 0.1) is 5.92 Å². The van der Waals surface area contributed by atoms with Crippen LogP contribution in [0.1, 0.15) is 43.5 Å². The molecule has 1 aromatic heterocycles. The molecule has 5 nitrogen and oxygen atoms in total. The van der Waals surface area contributed by atoms with Crippen LogP contribution in [0.25, 0.3) is 0 Å². The van der Waals surface area contributed by atoms with Crippen LogP contribution in [0.15, 0.2) is 18.3 Å². The Kier molecular flexibility index (Phi) is 5.56. The quantitative estimate of drug-likeness (QED) is 0.842. The highest BCUT2D eigenvalue weighted by Gasteiger charge is 2.30. The van der Waals surface area contributed by atoms with E-state index >= 15 is 0 Å². The summed E-state index contributed by atoms with van der Waals surface area (Å²) >= 11 is 0. The number of anilines is 1. The van der Waals surface area contributed by atoms with Crippen molar-refractivity contribution < 1.29 is 9.53 Å². The van der Waals surface area contributed by atoms with Gasteiger partial charge >= 0.3 is 5.97 Å². The Morgan fingerprint density at radius 2 is 2.33 bits per heavy atom. The molecule has 1 saturated heterocycles. The van der Waals surface area contributed by atoms with Crippen molar-refractivity contribution in [2.24, 2.45) is 11.7 Å². The summed E-state index contributed by atoms with van der Waals surface area (Å²) < 4.78 is 5.13. The smallest absolute Gasteiger partial charge is 0.341 e. The van der Waals surface area contributed by atoms with E-state index in [0.717, 1.165) is 19.4 Å². The summed E-state index contributed by atoms with van der Waals surface area (Å²) in [4.78, 5) is 18.7. The van der Waals surface area contributed by atoms with Gasteiger partial charge in [-0.05, 0) is 37.8 Å². The van der Waals surface area contributed by atoms with Crippen LogP contribution in [0.3, 0.4) is 0 Å². The van der Waals surface area contributed by atoms with Gasteiger partial charge in [0.15, 0.2) is 0 Å². The zero-order valence-corrected chi connectivity index (χ0v) is 12.9. The van der Waals surface area contributed by atoms with E-state index in [9.17, 15) is 4.79 Å². The zero-order chi connectivity index (χ0) is 15.2. The van der Waals surface area contributed by atoms with E-state index in [1.165, 1.54) is 6.42 Å². The molecule has 2 unspecified atom stereocenters. The maximum atomic E-state index is 12.1. The van der Waals surface area contributed by atoms with Crippen LogP contribution in [-0.4, -0.2) is 36.7 Å². The van der Waals surface area contributed by atoms with Gasteiger partial charge in [0.05, 0.1) is 6.61 Å². The molecule has 2 heterocycles. The van der Waals surface area contributed by atoms with Gasteiger partial charge in [0.25, 0.3) is 0 Å². The minimum Gasteiger partial charge on any atom is -0.462 e. The Hall–Kier alpha value is -1.62. The van der Waals surface area contributed by atoms with Gasteiger partial charge in [-0.3, -0.25) is 0 Å². The molecule has 1 aromatic rings. The molecule has 1 aliphatic rings. The summed E-state index contributed by atoms with van der Waals surface area (Å²) in [6.45, 7) is 5.87. The van der Waals surface area contributed by atoms with Crippen molar-refractivity contribution in [3.63, 3.8) is 0 Å². The number of carbonyl (C=O) groups is 1. The molecular weight excluding hydrogens is 266 g/mol. The van der Waals surface area contributed by atoms with Gasteiger partial charge in [-0.15, -0.1) is 0 Å². The maximum absolute atomic E-state index is 12.1. The monoisotopic (exact) mass is 291 g/mol. The number of rotatable bonds is 5. The predicted octanol–water partition coefficient (Wildman–Crippen LogP) is 2.21. The first-order valence-electron chi connectivity index (χ1n) is 7.80. The minimum atomic E-state index is -0.311. The Labute approximate surface area is 126 Å². The molecular formula is C16H25N3O2. The lowest BCUT2D eigenvalue weighted by atomic mass is 9.88.